The number of carbonyl (C=O) groups is 1. The van der Waals surface area contributed by atoms with Gasteiger partial charge in [0.2, 0.25) is 15.9 Å². The molecule has 0 bridgehead atoms. The van der Waals surface area contributed by atoms with Gasteiger partial charge in [-0.25, -0.2) is 12.8 Å². The summed E-state index contributed by atoms with van der Waals surface area (Å²) < 4.78 is 43.6. The zero-order valence-electron chi connectivity index (χ0n) is 17.6. The number of thioether (sulfide) groups is 1. The molecule has 1 heterocycles. The first-order valence-electron chi connectivity index (χ1n) is 9.98. The maximum atomic E-state index is 14.0. The van der Waals surface area contributed by atoms with Crippen molar-refractivity contribution in [2.45, 2.75) is 30.4 Å². The van der Waals surface area contributed by atoms with Crippen LogP contribution in [0, 0.1) is 5.82 Å². The molecular weight excluding hydrogens is 451 g/mol. The predicted molar refractivity (Wildman–Crippen MR) is 123 cm³/mol. The Kier molecular flexibility index (Phi) is 8.43. The molecule has 1 atom stereocenters. The number of hydrogen-bond donors (Lipinski definition) is 2. The highest BCUT2D eigenvalue weighted by Gasteiger charge is 2.27. The van der Waals surface area contributed by atoms with Crippen LogP contribution in [0.15, 0.2) is 71.9 Å². The number of hydrogen-bond acceptors (Lipinski definition) is 5. The fourth-order valence-corrected chi connectivity index (χ4v) is 4.93. The van der Waals surface area contributed by atoms with Crippen LogP contribution < -0.4 is 10.0 Å². The Labute approximate surface area is 191 Å². The molecule has 1 unspecified atom stereocenters. The van der Waals surface area contributed by atoms with Gasteiger partial charge in [-0.3, -0.25) is 9.48 Å². The minimum absolute atomic E-state index is 0.230. The summed E-state index contributed by atoms with van der Waals surface area (Å²) in [6.07, 6.45) is 5.69. The average molecular weight is 477 g/mol. The van der Waals surface area contributed by atoms with E-state index < -0.39 is 32.7 Å². The Balaban J connectivity index is 1.71. The molecule has 3 rings (SSSR count). The molecule has 170 valence electrons. The van der Waals surface area contributed by atoms with Crippen LogP contribution in [-0.2, 0) is 27.9 Å². The van der Waals surface area contributed by atoms with Gasteiger partial charge < -0.3 is 5.32 Å². The van der Waals surface area contributed by atoms with Crippen molar-refractivity contribution in [1.82, 2.24) is 19.8 Å². The number of rotatable bonds is 11. The van der Waals surface area contributed by atoms with Gasteiger partial charge in [-0.1, -0.05) is 36.4 Å². The van der Waals surface area contributed by atoms with Gasteiger partial charge in [-0.15, -0.1) is 0 Å². The second-order valence-electron chi connectivity index (χ2n) is 7.08. The zero-order chi connectivity index (χ0) is 23.0. The topological polar surface area (TPSA) is 93.1 Å². The van der Waals surface area contributed by atoms with Crippen LogP contribution in [0.3, 0.4) is 0 Å². The van der Waals surface area contributed by atoms with E-state index in [1.54, 1.807) is 10.9 Å². The second-order valence-corrected chi connectivity index (χ2v) is 9.74. The first-order valence-corrected chi connectivity index (χ1v) is 12.9. The highest BCUT2D eigenvalue weighted by molar-refractivity contribution is 7.98. The maximum Gasteiger partial charge on any atom is 0.244 e. The monoisotopic (exact) mass is 476 g/mol. The van der Waals surface area contributed by atoms with Crippen molar-refractivity contribution in [2.24, 2.45) is 0 Å². The molecular formula is C22H25FN4O3S2. The number of halogens is 1. The zero-order valence-corrected chi connectivity index (χ0v) is 19.2. The number of benzene rings is 2. The summed E-state index contributed by atoms with van der Waals surface area (Å²) >= 11 is 1.49. The summed E-state index contributed by atoms with van der Waals surface area (Å²) in [5.41, 5.74) is 1.89. The molecule has 0 saturated heterocycles. The van der Waals surface area contributed by atoms with Crippen molar-refractivity contribution in [3.63, 3.8) is 0 Å². The molecule has 0 radical (unpaired) electrons. The molecule has 0 aliphatic carbocycles. The molecule has 1 aromatic heterocycles. The summed E-state index contributed by atoms with van der Waals surface area (Å²) in [7, 11) is -4.20. The van der Waals surface area contributed by atoms with Gasteiger partial charge in [-0.05, 0) is 47.8 Å². The lowest BCUT2D eigenvalue weighted by Crippen LogP contribution is -2.47. The van der Waals surface area contributed by atoms with Gasteiger partial charge in [0.15, 0.2) is 0 Å². The molecule has 10 heteroatoms. The summed E-state index contributed by atoms with van der Waals surface area (Å²) in [5.74, 6) is -0.766. The molecule has 2 aromatic carbocycles. The van der Waals surface area contributed by atoms with Crippen LogP contribution in [-0.4, -0.2) is 42.2 Å². The molecule has 7 nitrogen and oxygen atoms in total. The molecule has 2 N–H and O–H groups in total. The van der Waals surface area contributed by atoms with E-state index in [1.807, 2.05) is 42.8 Å². The lowest BCUT2D eigenvalue weighted by Gasteiger charge is -2.19. The number of nitrogens with zero attached hydrogens (tertiary/aromatic N) is 2. The van der Waals surface area contributed by atoms with Crippen molar-refractivity contribution in [2.75, 3.05) is 12.0 Å². The largest absolute Gasteiger partial charge is 0.351 e. The van der Waals surface area contributed by atoms with E-state index in [2.05, 4.69) is 15.1 Å². The van der Waals surface area contributed by atoms with Crippen LogP contribution >= 0.6 is 11.8 Å². The molecule has 0 saturated carbocycles. The number of nitrogens with one attached hydrogen (secondary N) is 2. The van der Waals surface area contributed by atoms with Crippen LogP contribution in [0.2, 0.25) is 0 Å². The third-order valence-electron chi connectivity index (χ3n) is 4.81. The average Bonchev–Trinajstić information content (AvgIpc) is 3.29. The summed E-state index contributed by atoms with van der Waals surface area (Å²) in [6, 6.07) is 13.5. The summed E-state index contributed by atoms with van der Waals surface area (Å²) in [5, 5.41) is 7.02. The predicted octanol–water partition coefficient (Wildman–Crippen LogP) is 2.79. The Morgan fingerprint density at radius 1 is 1.12 bits per heavy atom. The number of aromatic nitrogens is 2. The van der Waals surface area contributed by atoms with E-state index in [9.17, 15) is 17.6 Å². The number of amides is 1. The second kappa shape index (κ2) is 11.3. The normalized spacial score (nSPS) is 12.4. The van der Waals surface area contributed by atoms with E-state index in [0.717, 1.165) is 17.2 Å². The van der Waals surface area contributed by atoms with Gasteiger partial charge in [0, 0.05) is 18.9 Å². The van der Waals surface area contributed by atoms with Crippen molar-refractivity contribution in [3.8, 4) is 0 Å². The van der Waals surface area contributed by atoms with Gasteiger partial charge in [0.25, 0.3) is 0 Å². The number of sulfonamides is 1. The molecule has 1 amide bonds. The Hall–Kier alpha value is -2.69. The van der Waals surface area contributed by atoms with E-state index in [-0.39, 0.29) is 13.0 Å². The van der Waals surface area contributed by atoms with E-state index in [4.69, 9.17) is 0 Å². The molecule has 0 fully saturated rings. The molecule has 0 aliphatic heterocycles. The van der Waals surface area contributed by atoms with Crippen molar-refractivity contribution in [3.05, 3.63) is 83.9 Å². The maximum absolute atomic E-state index is 14.0. The van der Waals surface area contributed by atoms with Gasteiger partial charge in [-0.2, -0.15) is 21.6 Å². The minimum atomic E-state index is -4.20. The van der Waals surface area contributed by atoms with Crippen LogP contribution in [0.5, 0.6) is 0 Å². The first kappa shape index (κ1) is 24.0. The third-order valence-corrected chi connectivity index (χ3v) is 6.96. The van der Waals surface area contributed by atoms with Gasteiger partial charge in [0.1, 0.15) is 16.8 Å². The van der Waals surface area contributed by atoms with Crippen LogP contribution in [0.25, 0.3) is 0 Å². The highest BCUT2D eigenvalue weighted by Crippen LogP contribution is 2.15. The van der Waals surface area contributed by atoms with Crippen LogP contribution in [0.4, 0.5) is 4.39 Å². The smallest absolute Gasteiger partial charge is 0.244 e. The van der Waals surface area contributed by atoms with E-state index in [1.165, 1.54) is 30.0 Å². The van der Waals surface area contributed by atoms with Crippen LogP contribution in [0.1, 0.15) is 17.5 Å². The summed E-state index contributed by atoms with van der Waals surface area (Å²) in [6.45, 7) is 0.780. The molecule has 0 aliphatic rings. The van der Waals surface area contributed by atoms with Crippen molar-refractivity contribution >= 4 is 27.7 Å². The fraction of sp³-hybridized carbons (Fsp3) is 0.273. The van der Waals surface area contributed by atoms with Gasteiger partial charge in [0.05, 0.1) is 6.54 Å². The van der Waals surface area contributed by atoms with Gasteiger partial charge >= 0.3 is 0 Å². The lowest BCUT2D eigenvalue weighted by atomic mass is 10.1. The Morgan fingerprint density at radius 3 is 2.53 bits per heavy atom. The minimum Gasteiger partial charge on any atom is -0.351 e. The standard InChI is InChI=1S/C22H25FN4O3S2/c1-31-14-11-20(26-32(29,30)21-10-5-4-9-19(21)23)22(28)24-15-17-7-2-3-8-18(17)16-27-13-6-12-25-27/h2-10,12-13,20,26H,11,14-16H2,1H3,(H,24,28). The van der Waals surface area contributed by atoms with Crippen molar-refractivity contribution < 1.29 is 17.6 Å². The lowest BCUT2D eigenvalue weighted by molar-refractivity contribution is -0.122. The fourth-order valence-electron chi connectivity index (χ4n) is 3.15. The SMILES string of the molecule is CSCCC(NS(=O)(=O)c1ccccc1F)C(=O)NCc1ccccc1Cn1cccn1. The Bertz CT molecular complexity index is 1140. The first-order chi connectivity index (χ1) is 15.4. The molecule has 3 aromatic rings. The summed E-state index contributed by atoms with van der Waals surface area (Å²) in [4.78, 5) is 12.4. The highest BCUT2D eigenvalue weighted by atomic mass is 32.2. The number of carbonyl (C=O) groups excluding carboxylic acids is 1. The molecule has 32 heavy (non-hydrogen) atoms. The van der Waals surface area contributed by atoms with Crippen molar-refractivity contribution in [1.29, 1.82) is 0 Å². The quantitative estimate of drug-likeness (QED) is 0.444. The van der Waals surface area contributed by atoms with E-state index in [0.29, 0.717) is 12.3 Å². The van der Waals surface area contributed by atoms with E-state index >= 15 is 0 Å². The Morgan fingerprint density at radius 2 is 1.84 bits per heavy atom. The molecule has 0 spiro atoms. The third kappa shape index (κ3) is 6.41.